The highest BCUT2D eigenvalue weighted by molar-refractivity contribution is 7.89. The van der Waals surface area contributed by atoms with E-state index in [1.54, 1.807) is 6.92 Å². The molecule has 0 aliphatic carbocycles. The maximum atomic E-state index is 13.8. The second-order valence-corrected chi connectivity index (χ2v) is 6.87. The molecule has 0 aromatic heterocycles. The van der Waals surface area contributed by atoms with Gasteiger partial charge in [-0.2, -0.15) is 4.31 Å². The van der Waals surface area contributed by atoms with Crippen LogP contribution in [0.15, 0.2) is 17.0 Å². The summed E-state index contributed by atoms with van der Waals surface area (Å²) < 4.78 is 40.1. The van der Waals surface area contributed by atoms with E-state index in [-0.39, 0.29) is 23.0 Å². The van der Waals surface area contributed by atoms with E-state index in [9.17, 15) is 22.9 Å². The number of nitrogens with zero attached hydrogens (tertiary/aromatic N) is 2. The smallest absolute Gasteiger partial charge is 0.276 e. The van der Waals surface area contributed by atoms with Crippen LogP contribution in [-0.2, 0) is 10.0 Å². The van der Waals surface area contributed by atoms with Gasteiger partial charge in [-0.1, -0.05) is 0 Å². The van der Waals surface area contributed by atoms with Crippen molar-refractivity contribution in [3.8, 4) is 0 Å². The van der Waals surface area contributed by atoms with E-state index in [0.29, 0.717) is 13.1 Å². The Morgan fingerprint density at radius 3 is 2.71 bits per heavy atom. The molecule has 1 unspecified atom stereocenters. The van der Waals surface area contributed by atoms with E-state index in [2.05, 4.69) is 5.32 Å². The molecule has 2 rings (SSSR count). The van der Waals surface area contributed by atoms with Crippen molar-refractivity contribution < 1.29 is 17.7 Å². The molecule has 21 heavy (non-hydrogen) atoms. The molecular formula is C12H16FN3O4S. The van der Waals surface area contributed by atoms with Crippen LogP contribution in [0.4, 0.5) is 10.1 Å². The van der Waals surface area contributed by atoms with E-state index < -0.39 is 26.5 Å². The summed E-state index contributed by atoms with van der Waals surface area (Å²) in [6.45, 7) is 4.18. The molecule has 1 aromatic carbocycles. The van der Waals surface area contributed by atoms with Crippen LogP contribution in [0.1, 0.15) is 12.5 Å². The van der Waals surface area contributed by atoms with Crippen LogP contribution in [-0.4, -0.2) is 43.3 Å². The third-order valence-electron chi connectivity index (χ3n) is 3.53. The van der Waals surface area contributed by atoms with Gasteiger partial charge in [0.25, 0.3) is 5.69 Å². The number of benzene rings is 1. The number of piperazine rings is 1. The zero-order valence-electron chi connectivity index (χ0n) is 11.7. The number of hydrogen-bond donors (Lipinski definition) is 1. The van der Waals surface area contributed by atoms with Crippen LogP contribution in [0, 0.1) is 22.9 Å². The van der Waals surface area contributed by atoms with Crippen LogP contribution >= 0.6 is 0 Å². The molecule has 1 atom stereocenters. The highest BCUT2D eigenvalue weighted by atomic mass is 32.2. The Bertz CT molecular complexity index is 677. The van der Waals surface area contributed by atoms with Gasteiger partial charge in [-0.05, 0) is 19.9 Å². The van der Waals surface area contributed by atoms with Crippen molar-refractivity contribution in [2.24, 2.45) is 0 Å². The lowest BCUT2D eigenvalue weighted by Crippen LogP contribution is -2.52. The quantitative estimate of drug-likeness (QED) is 0.664. The summed E-state index contributed by atoms with van der Waals surface area (Å²) in [4.78, 5) is 9.75. The zero-order chi connectivity index (χ0) is 15.8. The first-order valence-electron chi connectivity index (χ1n) is 6.42. The van der Waals surface area contributed by atoms with Gasteiger partial charge in [-0.25, -0.2) is 12.8 Å². The number of nitro groups is 1. The lowest BCUT2D eigenvalue weighted by atomic mass is 10.2. The molecule has 1 aliphatic heterocycles. The van der Waals surface area contributed by atoms with Crippen LogP contribution in [0.2, 0.25) is 0 Å². The monoisotopic (exact) mass is 317 g/mol. The topological polar surface area (TPSA) is 92.6 Å². The molecule has 1 aromatic rings. The Morgan fingerprint density at radius 2 is 2.14 bits per heavy atom. The highest BCUT2D eigenvalue weighted by Gasteiger charge is 2.33. The summed E-state index contributed by atoms with van der Waals surface area (Å²) in [7, 11) is -3.96. The summed E-state index contributed by atoms with van der Waals surface area (Å²) >= 11 is 0. The predicted molar refractivity (Wildman–Crippen MR) is 74.0 cm³/mol. The van der Waals surface area contributed by atoms with Crippen LogP contribution in [0.25, 0.3) is 0 Å². The molecule has 1 aliphatic rings. The minimum absolute atomic E-state index is 0.174. The fourth-order valence-electron chi connectivity index (χ4n) is 2.29. The highest BCUT2D eigenvalue weighted by Crippen LogP contribution is 2.28. The Kier molecular flexibility index (Phi) is 4.26. The van der Waals surface area contributed by atoms with Gasteiger partial charge in [0.2, 0.25) is 10.0 Å². The Labute approximate surface area is 122 Å². The van der Waals surface area contributed by atoms with Crippen LogP contribution in [0.3, 0.4) is 0 Å². The summed E-state index contributed by atoms with van der Waals surface area (Å²) in [6.07, 6.45) is 0. The number of halogens is 1. The average molecular weight is 317 g/mol. The maximum Gasteiger partial charge on any atom is 0.276 e. The summed E-state index contributed by atoms with van der Waals surface area (Å²) in [5, 5.41) is 14.0. The molecule has 0 amide bonds. The Morgan fingerprint density at radius 1 is 1.48 bits per heavy atom. The lowest BCUT2D eigenvalue weighted by molar-refractivity contribution is -0.385. The number of sulfonamides is 1. The molecule has 116 valence electrons. The standard InChI is InChI=1S/C12H16FN3O4S/c1-8-7-14-3-4-15(8)21(19,20)10-5-11(13)9(2)12(6-10)16(17)18/h5-6,8,14H,3-4,7H2,1-2H3. The van der Waals surface area contributed by atoms with Crippen LogP contribution in [0.5, 0.6) is 0 Å². The van der Waals surface area contributed by atoms with Crippen molar-refractivity contribution >= 4 is 15.7 Å². The largest absolute Gasteiger partial charge is 0.314 e. The van der Waals surface area contributed by atoms with Gasteiger partial charge in [0.05, 0.1) is 15.4 Å². The zero-order valence-corrected chi connectivity index (χ0v) is 12.5. The molecule has 0 spiro atoms. The Hall–Kier alpha value is -1.58. The van der Waals surface area contributed by atoms with E-state index in [0.717, 1.165) is 12.1 Å². The second kappa shape index (κ2) is 5.66. The van der Waals surface area contributed by atoms with Crippen molar-refractivity contribution in [2.45, 2.75) is 24.8 Å². The van der Waals surface area contributed by atoms with Gasteiger partial charge in [0.1, 0.15) is 5.82 Å². The van der Waals surface area contributed by atoms with Crippen molar-refractivity contribution in [3.63, 3.8) is 0 Å². The first-order valence-corrected chi connectivity index (χ1v) is 7.86. The molecule has 0 saturated carbocycles. The summed E-state index contributed by atoms with van der Waals surface area (Å²) in [5.74, 6) is -0.898. The van der Waals surface area contributed by atoms with E-state index in [1.165, 1.54) is 11.2 Å². The number of nitro benzene ring substituents is 1. The maximum absolute atomic E-state index is 13.8. The number of hydrogen-bond acceptors (Lipinski definition) is 5. The lowest BCUT2D eigenvalue weighted by Gasteiger charge is -2.32. The van der Waals surface area contributed by atoms with Gasteiger partial charge < -0.3 is 5.32 Å². The van der Waals surface area contributed by atoms with Crippen molar-refractivity contribution in [1.82, 2.24) is 9.62 Å². The molecule has 0 bridgehead atoms. The predicted octanol–water partition coefficient (Wildman–Crippen LogP) is 1.02. The minimum Gasteiger partial charge on any atom is -0.314 e. The molecule has 0 radical (unpaired) electrons. The van der Waals surface area contributed by atoms with Crippen molar-refractivity contribution in [2.75, 3.05) is 19.6 Å². The third-order valence-corrected chi connectivity index (χ3v) is 5.53. The van der Waals surface area contributed by atoms with E-state index in [4.69, 9.17) is 0 Å². The third kappa shape index (κ3) is 2.89. The number of nitrogens with one attached hydrogen (secondary N) is 1. The van der Waals surface area contributed by atoms with Crippen LogP contribution < -0.4 is 5.32 Å². The average Bonchev–Trinajstić information content (AvgIpc) is 2.41. The van der Waals surface area contributed by atoms with Gasteiger partial charge in [-0.3, -0.25) is 10.1 Å². The van der Waals surface area contributed by atoms with Gasteiger partial charge in [0.15, 0.2) is 0 Å². The molecule has 1 heterocycles. The molecule has 7 nitrogen and oxygen atoms in total. The van der Waals surface area contributed by atoms with Gasteiger partial charge in [-0.15, -0.1) is 0 Å². The summed E-state index contributed by atoms with van der Waals surface area (Å²) in [6, 6.07) is 1.46. The molecule has 9 heteroatoms. The van der Waals surface area contributed by atoms with Crippen molar-refractivity contribution in [1.29, 1.82) is 0 Å². The van der Waals surface area contributed by atoms with E-state index in [1.807, 2.05) is 0 Å². The molecule has 1 saturated heterocycles. The van der Waals surface area contributed by atoms with Gasteiger partial charge in [0, 0.05) is 31.7 Å². The fourth-order valence-corrected chi connectivity index (χ4v) is 3.96. The summed E-state index contributed by atoms with van der Waals surface area (Å²) in [5.41, 5.74) is -0.705. The fraction of sp³-hybridized carbons (Fsp3) is 0.500. The number of rotatable bonds is 3. The molecule has 1 fully saturated rings. The first-order chi connectivity index (χ1) is 9.75. The van der Waals surface area contributed by atoms with E-state index >= 15 is 0 Å². The SMILES string of the molecule is Cc1c(F)cc(S(=O)(=O)N2CCNCC2C)cc1[N+](=O)[O-]. The molecule has 1 N–H and O–H groups in total. The van der Waals surface area contributed by atoms with Gasteiger partial charge >= 0.3 is 0 Å². The minimum atomic E-state index is -3.96. The Balaban J connectivity index is 2.52. The first kappa shape index (κ1) is 15.8. The normalized spacial score (nSPS) is 20.4. The second-order valence-electron chi connectivity index (χ2n) is 4.98. The van der Waals surface area contributed by atoms with Crippen molar-refractivity contribution in [3.05, 3.63) is 33.6 Å². The molecular weight excluding hydrogens is 301 g/mol.